The van der Waals surface area contributed by atoms with E-state index in [2.05, 4.69) is 44.3 Å². The van der Waals surface area contributed by atoms with E-state index >= 15 is 0 Å². The van der Waals surface area contributed by atoms with Crippen molar-refractivity contribution in [2.24, 2.45) is 5.10 Å². The highest BCUT2D eigenvalue weighted by molar-refractivity contribution is 7.99. The minimum absolute atomic E-state index is 0.0849. The molecule has 3 aromatic carbocycles. The number of aromatic nitrogens is 2. The predicted molar refractivity (Wildman–Crippen MR) is 128 cm³/mol. The van der Waals surface area contributed by atoms with Crippen molar-refractivity contribution >= 4 is 34.9 Å². The molecule has 1 N–H and O–H groups in total. The molecule has 0 aliphatic carbocycles. The summed E-state index contributed by atoms with van der Waals surface area (Å²) in [7, 11) is 0. The molecule has 0 aliphatic rings. The fraction of sp³-hybridized carbons (Fsp3) is 0.160. The number of benzene rings is 3. The van der Waals surface area contributed by atoms with Gasteiger partial charge in [0.05, 0.1) is 35.1 Å². The first kappa shape index (κ1) is 23.6. The Morgan fingerprint density at radius 3 is 2.47 bits per heavy atom. The summed E-state index contributed by atoms with van der Waals surface area (Å²) < 4.78 is 40.0. The van der Waals surface area contributed by atoms with Crippen LogP contribution in [0.15, 0.2) is 83.1 Å². The maximum Gasteiger partial charge on any atom is 0.416 e. The van der Waals surface area contributed by atoms with E-state index in [9.17, 15) is 18.0 Å². The molecule has 0 spiro atoms. The quantitative estimate of drug-likeness (QED) is 0.210. The number of fused-ring (bicyclic) bond motifs is 1. The van der Waals surface area contributed by atoms with Gasteiger partial charge in [0.1, 0.15) is 0 Å². The Balaban J connectivity index is 1.40. The molecule has 0 radical (unpaired) electrons. The van der Waals surface area contributed by atoms with Gasteiger partial charge in [0.2, 0.25) is 0 Å². The normalized spacial score (nSPS) is 11.9. The van der Waals surface area contributed by atoms with Crippen LogP contribution >= 0.6 is 11.8 Å². The van der Waals surface area contributed by atoms with Crippen LogP contribution in [0.3, 0.4) is 0 Å². The van der Waals surface area contributed by atoms with Gasteiger partial charge in [0.15, 0.2) is 5.16 Å². The van der Waals surface area contributed by atoms with Crippen molar-refractivity contribution in [3.63, 3.8) is 0 Å². The Hall–Kier alpha value is -3.59. The van der Waals surface area contributed by atoms with E-state index < -0.39 is 11.7 Å². The van der Waals surface area contributed by atoms with Crippen molar-refractivity contribution in [2.75, 3.05) is 5.75 Å². The average molecular weight is 483 g/mol. The molecule has 4 rings (SSSR count). The molecule has 174 valence electrons. The molecule has 0 atom stereocenters. The monoisotopic (exact) mass is 482 g/mol. The Labute approximate surface area is 198 Å². The number of amides is 1. The summed E-state index contributed by atoms with van der Waals surface area (Å²) in [4.78, 5) is 17.0. The van der Waals surface area contributed by atoms with Gasteiger partial charge in [-0.2, -0.15) is 18.3 Å². The Kier molecular flexibility index (Phi) is 7.02. The number of aryl methyl sites for hydroxylation is 1. The maximum atomic E-state index is 12.6. The zero-order chi connectivity index (χ0) is 24.1. The molecule has 34 heavy (non-hydrogen) atoms. The van der Waals surface area contributed by atoms with E-state index in [1.165, 1.54) is 35.7 Å². The van der Waals surface area contributed by atoms with Crippen LogP contribution in [0, 0.1) is 6.92 Å². The van der Waals surface area contributed by atoms with Gasteiger partial charge < -0.3 is 4.57 Å². The number of halogens is 3. The highest BCUT2D eigenvalue weighted by atomic mass is 32.2. The van der Waals surface area contributed by atoms with Gasteiger partial charge in [-0.25, -0.2) is 10.4 Å². The number of carbonyl (C=O) groups excluding carboxylic acids is 1. The fourth-order valence-electron chi connectivity index (χ4n) is 3.29. The molecule has 0 aliphatic heterocycles. The molecule has 5 nitrogen and oxygen atoms in total. The van der Waals surface area contributed by atoms with Gasteiger partial charge in [0, 0.05) is 0 Å². The van der Waals surface area contributed by atoms with Gasteiger partial charge >= 0.3 is 6.18 Å². The topological polar surface area (TPSA) is 59.3 Å². The second kappa shape index (κ2) is 10.1. The molecule has 0 unspecified atom stereocenters. The standard InChI is InChI=1S/C25H21F3N4OS/c1-17-6-8-19(9-7-17)15-32-22-5-3-2-4-21(22)30-24(32)34-16-23(33)31-29-14-18-10-12-20(13-11-18)25(26,27)28/h2-14H,15-16H2,1H3,(H,31,33)/b29-14+. The number of para-hydroxylation sites is 2. The lowest BCUT2D eigenvalue weighted by Gasteiger charge is -2.09. The van der Waals surface area contributed by atoms with E-state index in [0.29, 0.717) is 17.3 Å². The number of hydrazone groups is 1. The SMILES string of the molecule is Cc1ccc(Cn2c(SCC(=O)N/N=C/c3ccc(C(F)(F)F)cc3)nc3ccccc32)cc1. The summed E-state index contributed by atoms with van der Waals surface area (Å²) in [5.74, 6) is -0.260. The van der Waals surface area contributed by atoms with Crippen molar-refractivity contribution in [2.45, 2.75) is 24.8 Å². The Bertz CT molecular complexity index is 1310. The lowest BCUT2D eigenvalue weighted by molar-refractivity contribution is -0.137. The minimum Gasteiger partial charge on any atom is -0.314 e. The van der Waals surface area contributed by atoms with Crippen LogP contribution in [0.4, 0.5) is 13.2 Å². The van der Waals surface area contributed by atoms with Crippen LogP contribution in [-0.2, 0) is 17.5 Å². The lowest BCUT2D eigenvalue weighted by atomic mass is 10.1. The molecular weight excluding hydrogens is 461 g/mol. The van der Waals surface area contributed by atoms with Crippen molar-refractivity contribution in [1.82, 2.24) is 15.0 Å². The van der Waals surface area contributed by atoms with Crippen LogP contribution in [0.1, 0.15) is 22.3 Å². The van der Waals surface area contributed by atoms with Crippen molar-refractivity contribution in [3.05, 3.63) is 95.1 Å². The lowest BCUT2D eigenvalue weighted by Crippen LogP contribution is -2.20. The summed E-state index contributed by atoms with van der Waals surface area (Å²) >= 11 is 1.30. The number of hydrogen-bond donors (Lipinski definition) is 1. The first-order valence-electron chi connectivity index (χ1n) is 10.4. The number of hydrogen-bond acceptors (Lipinski definition) is 4. The summed E-state index contributed by atoms with van der Waals surface area (Å²) in [6.45, 7) is 2.66. The van der Waals surface area contributed by atoms with Crippen molar-refractivity contribution in [3.8, 4) is 0 Å². The van der Waals surface area contributed by atoms with Gasteiger partial charge in [0.25, 0.3) is 5.91 Å². The number of alkyl halides is 3. The third kappa shape index (κ3) is 5.85. The Morgan fingerprint density at radius 1 is 1.06 bits per heavy atom. The van der Waals surface area contributed by atoms with Crippen LogP contribution in [0.25, 0.3) is 11.0 Å². The average Bonchev–Trinajstić information content (AvgIpc) is 3.16. The second-order valence-electron chi connectivity index (χ2n) is 7.66. The smallest absolute Gasteiger partial charge is 0.314 e. The first-order valence-corrected chi connectivity index (χ1v) is 11.4. The molecule has 1 heterocycles. The molecule has 4 aromatic rings. The van der Waals surface area contributed by atoms with Crippen LogP contribution < -0.4 is 5.43 Å². The number of imidazole rings is 1. The summed E-state index contributed by atoms with van der Waals surface area (Å²) in [5, 5.41) is 4.55. The zero-order valence-corrected chi connectivity index (χ0v) is 19.0. The highest BCUT2D eigenvalue weighted by Gasteiger charge is 2.29. The first-order chi connectivity index (χ1) is 16.3. The zero-order valence-electron chi connectivity index (χ0n) is 18.2. The summed E-state index contributed by atoms with van der Waals surface area (Å²) in [5.41, 5.74) is 6.25. The van der Waals surface area contributed by atoms with Gasteiger partial charge in [-0.15, -0.1) is 0 Å². The van der Waals surface area contributed by atoms with E-state index in [1.54, 1.807) is 0 Å². The van der Waals surface area contributed by atoms with Crippen LogP contribution in [0.2, 0.25) is 0 Å². The molecule has 1 amide bonds. The molecule has 9 heteroatoms. The number of thioether (sulfide) groups is 1. The number of carbonyl (C=O) groups is 1. The molecule has 0 saturated carbocycles. The fourth-order valence-corrected chi connectivity index (χ4v) is 4.10. The van der Waals surface area contributed by atoms with Crippen molar-refractivity contribution < 1.29 is 18.0 Å². The third-order valence-corrected chi connectivity index (χ3v) is 6.03. The molecule has 0 bridgehead atoms. The van der Waals surface area contributed by atoms with E-state index in [4.69, 9.17) is 0 Å². The summed E-state index contributed by atoms with van der Waals surface area (Å²) in [6, 6.07) is 20.6. The van der Waals surface area contributed by atoms with E-state index in [-0.39, 0.29) is 11.7 Å². The van der Waals surface area contributed by atoms with Crippen LogP contribution in [-0.4, -0.2) is 27.4 Å². The second-order valence-corrected chi connectivity index (χ2v) is 8.60. The van der Waals surface area contributed by atoms with Gasteiger partial charge in [-0.05, 0) is 42.3 Å². The van der Waals surface area contributed by atoms with Gasteiger partial charge in [-0.1, -0.05) is 65.9 Å². The summed E-state index contributed by atoms with van der Waals surface area (Å²) in [6.07, 6.45) is -3.09. The molecular formula is C25H21F3N4OS. The van der Waals surface area contributed by atoms with Crippen molar-refractivity contribution in [1.29, 1.82) is 0 Å². The minimum atomic E-state index is -4.39. The van der Waals surface area contributed by atoms with Gasteiger partial charge in [-0.3, -0.25) is 4.79 Å². The number of nitrogens with zero attached hydrogens (tertiary/aromatic N) is 3. The number of nitrogens with one attached hydrogen (secondary N) is 1. The maximum absolute atomic E-state index is 12.6. The van der Waals surface area contributed by atoms with Crippen LogP contribution in [0.5, 0.6) is 0 Å². The third-order valence-electron chi connectivity index (χ3n) is 5.05. The largest absolute Gasteiger partial charge is 0.416 e. The molecule has 0 saturated heterocycles. The highest BCUT2D eigenvalue weighted by Crippen LogP contribution is 2.29. The number of rotatable bonds is 7. The Morgan fingerprint density at radius 2 is 1.76 bits per heavy atom. The molecule has 1 aromatic heterocycles. The van der Waals surface area contributed by atoms with E-state index in [0.717, 1.165) is 28.7 Å². The predicted octanol–water partition coefficient (Wildman–Crippen LogP) is 5.65. The molecule has 0 fully saturated rings. The van der Waals surface area contributed by atoms with E-state index in [1.807, 2.05) is 31.2 Å².